The van der Waals surface area contributed by atoms with Crippen molar-refractivity contribution in [3.8, 4) is 5.75 Å². The molecule has 0 spiro atoms. The fourth-order valence-corrected chi connectivity index (χ4v) is 2.96. The number of hydrogen-bond donors (Lipinski definition) is 3. The van der Waals surface area contributed by atoms with Crippen molar-refractivity contribution in [3.05, 3.63) is 29.8 Å². The van der Waals surface area contributed by atoms with Gasteiger partial charge in [0.1, 0.15) is 5.75 Å². The highest BCUT2D eigenvalue weighted by Crippen LogP contribution is 2.19. The van der Waals surface area contributed by atoms with Gasteiger partial charge in [-0.2, -0.15) is 8.78 Å². The lowest BCUT2D eigenvalue weighted by atomic mass is 9.96. The van der Waals surface area contributed by atoms with E-state index in [0.29, 0.717) is 0 Å². The van der Waals surface area contributed by atoms with Crippen LogP contribution < -0.4 is 20.7 Å². The second-order valence-electron chi connectivity index (χ2n) is 6.40. The maximum absolute atomic E-state index is 12.1. The Morgan fingerprint density at radius 3 is 2.42 bits per heavy atom. The summed E-state index contributed by atoms with van der Waals surface area (Å²) in [4.78, 5) is 23.8. The van der Waals surface area contributed by atoms with Crippen molar-refractivity contribution in [2.45, 2.75) is 57.7 Å². The Kier molecular flexibility index (Phi) is 7.62. The molecule has 1 unspecified atom stereocenters. The van der Waals surface area contributed by atoms with Gasteiger partial charge in [0.2, 0.25) is 5.91 Å². The van der Waals surface area contributed by atoms with Crippen LogP contribution in [0.25, 0.3) is 0 Å². The van der Waals surface area contributed by atoms with E-state index in [1.807, 2.05) is 0 Å². The lowest BCUT2D eigenvalue weighted by Crippen LogP contribution is -2.46. The van der Waals surface area contributed by atoms with Gasteiger partial charge in [0.25, 0.3) is 0 Å². The zero-order valence-corrected chi connectivity index (χ0v) is 14.8. The minimum absolute atomic E-state index is 0.0586. The molecule has 144 valence electrons. The lowest BCUT2D eigenvalue weighted by molar-refractivity contribution is -0.120. The number of urea groups is 1. The maximum Gasteiger partial charge on any atom is 0.387 e. The highest BCUT2D eigenvalue weighted by molar-refractivity contribution is 5.84. The van der Waals surface area contributed by atoms with Crippen LogP contribution in [0.4, 0.5) is 13.6 Å². The molecule has 0 aromatic heterocycles. The summed E-state index contributed by atoms with van der Waals surface area (Å²) in [5, 5.41) is 8.17. The Morgan fingerprint density at radius 2 is 1.81 bits per heavy atom. The van der Waals surface area contributed by atoms with Crippen molar-refractivity contribution >= 4 is 11.9 Å². The SMILES string of the molecule is CC(NC(=O)CNC(=O)NC1CCCCC1)c1ccc(OC(F)F)cc1. The monoisotopic (exact) mass is 369 g/mol. The highest BCUT2D eigenvalue weighted by Gasteiger charge is 2.16. The summed E-state index contributed by atoms with van der Waals surface area (Å²) in [6.07, 6.45) is 5.38. The van der Waals surface area contributed by atoms with Gasteiger partial charge >= 0.3 is 12.6 Å². The van der Waals surface area contributed by atoms with Crippen LogP contribution >= 0.6 is 0 Å². The predicted octanol–water partition coefficient (Wildman–Crippen LogP) is 3.10. The molecular weight excluding hydrogens is 344 g/mol. The van der Waals surface area contributed by atoms with E-state index in [9.17, 15) is 18.4 Å². The average molecular weight is 369 g/mol. The highest BCUT2D eigenvalue weighted by atomic mass is 19.3. The number of benzene rings is 1. The Labute approximate surface area is 151 Å². The van der Waals surface area contributed by atoms with Gasteiger partial charge in [-0.1, -0.05) is 31.4 Å². The van der Waals surface area contributed by atoms with E-state index in [1.54, 1.807) is 19.1 Å². The van der Waals surface area contributed by atoms with E-state index in [4.69, 9.17) is 0 Å². The Morgan fingerprint density at radius 1 is 1.15 bits per heavy atom. The molecule has 3 amide bonds. The van der Waals surface area contributed by atoms with Gasteiger partial charge in [-0.25, -0.2) is 4.79 Å². The minimum atomic E-state index is -2.87. The van der Waals surface area contributed by atoms with Gasteiger partial charge in [-0.05, 0) is 37.5 Å². The predicted molar refractivity (Wildman–Crippen MR) is 93.0 cm³/mol. The number of amides is 3. The Balaban J connectivity index is 1.71. The first-order valence-electron chi connectivity index (χ1n) is 8.82. The lowest BCUT2D eigenvalue weighted by Gasteiger charge is -2.23. The number of carbonyl (C=O) groups excluding carboxylic acids is 2. The van der Waals surface area contributed by atoms with E-state index >= 15 is 0 Å². The normalized spacial score (nSPS) is 16.0. The fraction of sp³-hybridized carbons (Fsp3) is 0.556. The molecule has 1 aromatic carbocycles. The number of ether oxygens (including phenoxy) is 1. The molecule has 2 rings (SSSR count). The largest absolute Gasteiger partial charge is 0.435 e. The van der Waals surface area contributed by atoms with Crippen molar-refractivity contribution in [1.82, 2.24) is 16.0 Å². The zero-order valence-electron chi connectivity index (χ0n) is 14.8. The van der Waals surface area contributed by atoms with Crippen LogP contribution in [0, 0.1) is 0 Å². The van der Waals surface area contributed by atoms with Crippen LogP contribution in [0.3, 0.4) is 0 Å². The van der Waals surface area contributed by atoms with Gasteiger partial charge < -0.3 is 20.7 Å². The smallest absolute Gasteiger partial charge is 0.387 e. The third kappa shape index (κ3) is 6.85. The van der Waals surface area contributed by atoms with Crippen molar-refractivity contribution in [3.63, 3.8) is 0 Å². The van der Waals surface area contributed by atoms with E-state index in [1.165, 1.54) is 18.6 Å². The molecule has 1 atom stereocenters. The standard InChI is InChI=1S/C18H25F2N3O3/c1-12(13-7-9-15(10-8-13)26-17(19)20)22-16(24)11-21-18(25)23-14-5-3-2-4-6-14/h7-10,12,14,17H,2-6,11H2,1H3,(H,22,24)(H2,21,23,25). The van der Waals surface area contributed by atoms with Gasteiger partial charge in [0.15, 0.2) is 0 Å². The molecule has 1 aromatic rings. The van der Waals surface area contributed by atoms with Crippen molar-refractivity contribution < 1.29 is 23.1 Å². The molecule has 26 heavy (non-hydrogen) atoms. The van der Waals surface area contributed by atoms with E-state index in [2.05, 4.69) is 20.7 Å². The summed E-state index contributed by atoms with van der Waals surface area (Å²) >= 11 is 0. The Bertz CT molecular complexity index is 590. The van der Waals surface area contributed by atoms with Gasteiger partial charge in [-0.3, -0.25) is 4.79 Å². The first-order valence-corrected chi connectivity index (χ1v) is 8.82. The zero-order chi connectivity index (χ0) is 18.9. The summed E-state index contributed by atoms with van der Waals surface area (Å²) in [6.45, 7) is -1.23. The number of carbonyl (C=O) groups is 2. The molecule has 1 saturated carbocycles. The second kappa shape index (κ2) is 9.94. The first-order chi connectivity index (χ1) is 12.4. The van der Waals surface area contributed by atoms with Crippen LogP contribution in [-0.2, 0) is 4.79 Å². The summed E-state index contributed by atoms with van der Waals surface area (Å²) in [7, 11) is 0. The third-order valence-corrected chi connectivity index (χ3v) is 4.33. The molecule has 0 radical (unpaired) electrons. The number of nitrogens with one attached hydrogen (secondary N) is 3. The van der Waals surface area contributed by atoms with Gasteiger partial charge in [0, 0.05) is 6.04 Å². The van der Waals surface area contributed by atoms with Crippen LogP contribution in [-0.4, -0.2) is 31.1 Å². The molecule has 0 saturated heterocycles. The minimum Gasteiger partial charge on any atom is -0.435 e. The molecule has 6 nitrogen and oxygen atoms in total. The molecule has 1 aliphatic carbocycles. The van der Waals surface area contributed by atoms with Crippen LogP contribution in [0.15, 0.2) is 24.3 Å². The summed E-state index contributed by atoms with van der Waals surface area (Å²) in [5.41, 5.74) is 0.742. The van der Waals surface area contributed by atoms with Gasteiger partial charge in [0.05, 0.1) is 12.6 Å². The molecule has 1 aliphatic rings. The average Bonchev–Trinajstić information content (AvgIpc) is 2.61. The molecule has 1 fully saturated rings. The molecule has 0 aliphatic heterocycles. The summed E-state index contributed by atoms with van der Waals surface area (Å²) < 4.78 is 28.5. The van der Waals surface area contributed by atoms with Crippen molar-refractivity contribution in [2.24, 2.45) is 0 Å². The molecular formula is C18H25F2N3O3. The Hall–Kier alpha value is -2.38. The first kappa shape index (κ1) is 19.9. The third-order valence-electron chi connectivity index (χ3n) is 4.33. The van der Waals surface area contributed by atoms with E-state index < -0.39 is 6.61 Å². The van der Waals surface area contributed by atoms with E-state index in [0.717, 1.165) is 31.2 Å². The molecule has 0 heterocycles. The number of hydrogen-bond acceptors (Lipinski definition) is 3. The molecule has 0 bridgehead atoms. The van der Waals surface area contributed by atoms with Crippen molar-refractivity contribution in [1.29, 1.82) is 0 Å². The number of rotatable bonds is 7. The maximum atomic E-state index is 12.1. The quantitative estimate of drug-likeness (QED) is 0.691. The van der Waals surface area contributed by atoms with Crippen molar-refractivity contribution in [2.75, 3.05) is 6.54 Å². The van der Waals surface area contributed by atoms with Gasteiger partial charge in [-0.15, -0.1) is 0 Å². The molecule has 3 N–H and O–H groups in total. The number of halogens is 2. The summed E-state index contributed by atoms with van der Waals surface area (Å²) in [6, 6.07) is 5.55. The van der Waals surface area contributed by atoms with E-state index in [-0.39, 0.29) is 36.3 Å². The second-order valence-corrected chi connectivity index (χ2v) is 6.40. The molecule has 8 heteroatoms. The number of alkyl halides is 2. The van der Waals surface area contributed by atoms with Crippen LogP contribution in [0.1, 0.15) is 50.6 Å². The van der Waals surface area contributed by atoms with Crippen LogP contribution in [0.2, 0.25) is 0 Å². The fourth-order valence-electron chi connectivity index (χ4n) is 2.96. The van der Waals surface area contributed by atoms with Crippen LogP contribution in [0.5, 0.6) is 5.75 Å². The topological polar surface area (TPSA) is 79.5 Å². The summed E-state index contributed by atoms with van der Waals surface area (Å²) in [5.74, 6) is -0.271.